The molecule has 0 radical (unpaired) electrons. The van der Waals surface area contributed by atoms with Crippen molar-refractivity contribution in [1.82, 2.24) is 10.9 Å². The largest absolute Gasteiger partial charge is 0.283 e. The smallest absolute Gasteiger partial charge is 0.273 e. The van der Waals surface area contributed by atoms with Crippen molar-refractivity contribution in [3.63, 3.8) is 0 Å². The van der Waals surface area contributed by atoms with E-state index >= 15 is 0 Å². The fourth-order valence-corrected chi connectivity index (χ4v) is 4.56. The summed E-state index contributed by atoms with van der Waals surface area (Å²) in [4.78, 5) is 47.1. The van der Waals surface area contributed by atoms with Crippen LogP contribution >= 0.6 is 22.7 Å². The Kier molecular flexibility index (Phi) is 9.75. The summed E-state index contributed by atoms with van der Waals surface area (Å²) in [6.07, 6.45) is 4.11. The van der Waals surface area contributed by atoms with E-state index in [0.717, 1.165) is 0 Å². The molecule has 14 heteroatoms. The molecule has 0 spiro atoms. The molecule has 2 aromatic heterocycles. The zero-order valence-electron chi connectivity index (χ0n) is 17.9. The normalized spacial score (nSPS) is 11.2. The van der Waals surface area contributed by atoms with Crippen LogP contribution in [0.3, 0.4) is 0 Å². The summed E-state index contributed by atoms with van der Waals surface area (Å²) in [6, 6.07) is 2.81. The van der Waals surface area contributed by atoms with Gasteiger partial charge in [0.25, 0.3) is 11.4 Å². The Bertz CT molecular complexity index is 1010. The third-order valence-corrected chi connectivity index (χ3v) is 6.62. The van der Waals surface area contributed by atoms with Gasteiger partial charge in [0, 0.05) is 25.0 Å². The molecule has 176 valence electrons. The first-order valence-corrected chi connectivity index (χ1v) is 11.6. The van der Waals surface area contributed by atoms with E-state index in [0.29, 0.717) is 32.4 Å². The topological polar surface area (TPSA) is 169 Å². The third kappa shape index (κ3) is 7.84. The molecule has 2 N–H and O–H groups in total. The first kappa shape index (κ1) is 25.7. The molecule has 12 nitrogen and oxygen atoms in total. The van der Waals surface area contributed by atoms with Crippen LogP contribution in [-0.2, 0) is 22.4 Å². The number of carbonyl (C=O) groups is 2. The van der Waals surface area contributed by atoms with Gasteiger partial charge in [0.15, 0.2) is 0 Å². The fraction of sp³-hybridized carbons (Fsp3) is 0.368. The van der Waals surface area contributed by atoms with E-state index in [-0.39, 0.29) is 30.6 Å². The van der Waals surface area contributed by atoms with E-state index in [1.54, 1.807) is 0 Å². The van der Waals surface area contributed by atoms with Gasteiger partial charge in [0.1, 0.15) is 0 Å². The molecule has 0 atom stereocenters. The number of carbonyl (C=O) groups excluding carboxylic acids is 2. The van der Waals surface area contributed by atoms with E-state index in [1.165, 1.54) is 47.2 Å². The number of nitro groups is 2. The van der Waals surface area contributed by atoms with Gasteiger partial charge < -0.3 is 0 Å². The van der Waals surface area contributed by atoms with Crippen LogP contribution in [0.1, 0.15) is 52.6 Å². The van der Waals surface area contributed by atoms with E-state index in [1.807, 2.05) is 13.8 Å². The molecule has 0 unspecified atom stereocenters. The van der Waals surface area contributed by atoms with E-state index in [9.17, 15) is 29.8 Å². The van der Waals surface area contributed by atoms with Gasteiger partial charge in [-0.3, -0.25) is 29.8 Å². The van der Waals surface area contributed by atoms with Crippen molar-refractivity contribution in [1.29, 1.82) is 0 Å². The van der Waals surface area contributed by atoms with Crippen LogP contribution in [0.15, 0.2) is 22.3 Å². The number of hydrogen-bond donors (Lipinski definition) is 2. The van der Waals surface area contributed by atoms with Crippen LogP contribution in [0.5, 0.6) is 0 Å². The van der Waals surface area contributed by atoms with Crippen LogP contribution in [0, 0.1) is 20.2 Å². The molecular formula is C19H22N6O6S2. The Morgan fingerprint density at radius 2 is 1.27 bits per heavy atom. The van der Waals surface area contributed by atoms with E-state index in [4.69, 9.17) is 0 Å². The molecule has 0 fully saturated rings. The minimum atomic E-state index is -0.451. The van der Waals surface area contributed by atoms with Gasteiger partial charge in [-0.1, -0.05) is 13.8 Å². The van der Waals surface area contributed by atoms with Gasteiger partial charge in [-0.05, 0) is 19.3 Å². The molecule has 0 bridgehead atoms. The lowest BCUT2D eigenvalue weighted by Crippen LogP contribution is -2.20. The van der Waals surface area contributed by atoms with Crippen molar-refractivity contribution in [2.75, 3.05) is 0 Å². The Labute approximate surface area is 196 Å². The Morgan fingerprint density at radius 1 is 0.879 bits per heavy atom. The summed E-state index contributed by atoms with van der Waals surface area (Å²) >= 11 is 2.46. The van der Waals surface area contributed by atoms with E-state index < -0.39 is 21.7 Å². The van der Waals surface area contributed by atoms with Gasteiger partial charge >= 0.3 is 0 Å². The highest BCUT2D eigenvalue weighted by molar-refractivity contribution is 7.14. The maximum Gasteiger partial charge on any atom is 0.283 e. The summed E-state index contributed by atoms with van der Waals surface area (Å²) in [7, 11) is 0. The molecule has 2 heterocycles. The van der Waals surface area contributed by atoms with Gasteiger partial charge in [0.05, 0.1) is 41.8 Å². The lowest BCUT2D eigenvalue weighted by molar-refractivity contribution is -0.385. The number of rotatable bonds is 12. The zero-order chi connectivity index (χ0) is 24.4. The van der Waals surface area contributed by atoms with Crippen LogP contribution in [0.2, 0.25) is 0 Å². The molecule has 0 saturated heterocycles. The molecular weight excluding hydrogens is 472 g/mol. The molecule has 2 aromatic rings. The van der Waals surface area contributed by atoms with Crippen molar-refractivity contribution in [3.05, 3.63) is 51.9 Å². The summed E-state index contributed by atoms with van der Waals surface area (Å²) in [5, 5.41) is 29.5. The summed E-state index contributed by atoms with van der Waals surface area (Å²) < 4.78 is 0. The average molecular weight is 495 g/mol. The lowest BCUT2D eigenvalue weighted by Gasteiger charge is -2.00. The summed E-state index contributed by atoms with van der Waals surface area (Å²) in [5.74, 6) is -0.801. The maximum atomic E-state index is 11.8. The molecule has 0 aliphatic heterocycles. The van der Waals surface area contributed by atoms with Crippen molar-refractivity contribution in [3.8, 4) is 0 Å². The van der Waals surface area contributed by atoms with Gasteiger partial charge in [0.2, 0.25) is 11.8 Å². The predicted molar refractivity (Wildman–Crippen MR) is 126 cm³/mol. The molecule has 0 aromatic carbocycles. The second kappa shape index (κ2) is 12.5. The minimum absolute atomic E-state index is 0.0343. The standard InChI is InChI=1S/C19H22N6O6S2/c1-3-16-14(24(28)29)8-12(32-16)10-20-22-18(26)6-5-7-19(27)23-21-11-13-9-15(25(30)31)17(4-2)33-13/h8-11H,3-7H2,1-2H3,(H,22,26)(H,23,27). The maximum absolute atomic E-state index is 11.8. The van der Waals surface area contributed by atoms with Gasteiger partial charge in [-0.15, -0.1) is 22.7 Å². The van der Waals surface area contributed by atoms with Crippen molar-refractivity contribution in [2.24, 2.45) is 10.2 Å². The van der Waals surface area contributed by atoms with Crippen LogP contribution < -0.4 is 10.9 Å². The van der Waals surface area contributed by atoms with Gasteiger partial charge in [-0.2, -0.15) is 10.2 Å². The molecule has 2 amide bonds. The summed E-state index contributed by atoms with van der Waals surface area (Å²) in [6.45, 7) is 3.64. The third-order valence-electron chi connectivity index (χ3n) is 4.22. The first-order valence-electron chi connectivity index (χ1n) is 9.93. The van der Waals surface area contributed by atoms with Crippen molar-refractivity contribution < 1.29 is 19.4 Å². The van der Waals surface area contributed by atoms with Gasteiger partial charge in [-0.25, -0.2) is 10.9 Å². The van der Waals surface area contributed by atoms with Crippen molar-refractivity contribution in [2.45, 2.75) is 46.0 Å². The number of hydrogen-bond acceptors (Lipinski definition) is 10. The van der Waals surface area contributed by atoms with Crippen LogP contribution in [0.25, 0.3) is 0 Å². The highest BCUT2D eigenvalue weighted by atomic mass is 32.1. The van der Waals surface area contributed by atoms with Crippen LogP contribution in [-0.4, -0.2) is 34.1 Å². The number of nitrogens with zero attached hydrogens (tertiary/aromatic N) is 4. The molecule has 0 saturated carbocycles. The minimum Gasteiger partial charge on any atom is -0.273 e. The number of thiophene rings is 2. The average Bonchev–Trinajstić information content (AvgIpc) is 3.38. The SMILES string of the molecule is CCc1sc(C=NNC(=O)CCCC(=O)NN=Cc2cc([N+](=O)[O-])c(CC)s2)cc1[N+](=O)[O-]. The number of nitrogens with one attached hydrogen (secondary N) is 2. The quantitative estimate of drug-likeness (QED) is 0.260. The van der Waals surface area contributed by atoms with E-state index in [2.05, 4.69) is 21.1 Å². The van der Waals surface area contributed by atoms with Crippen molar-refractivity contribution >= 4 is 58.3 Å². The molecule has 2 rings (SSSR count). The monoisotopic (exact) mass is 494 g/mol. The first-order chi connectivity index (χ1) is 15.7. The zero-order valence-corrected chi connectivity index (χ0v) is 19.5. The number of amides is 2. The predicted octanol–water partition coefficient (Wildman–Crippen LogP) is 3.52. The highest BCUT2D eigenvalue weighted by Gasteiger charge is 2.17. The molecule has 33 heavy (non-hydrogen) atoms. The Balaban J connectivity index is 1.72. The fourth-order valence-electron chi connectivity index (χ4n) is 2.68. The molecule has 0 aliphatic rings. The lowest BCUT2D eigenvalue weighted by atomic mass is 10.2. The second-order valence-electron chi connectivity index (χ2n) is 6.58. The summed E-state index contributed by atoms with van der Waals surface area (Å²) in [5.41, 5.74) is 4.71. The Hall–Kier alpha value is -3.52. The highest BCUT2D eigenvalue weighted by Crippen LogP contribution is 2.29. The number of hydrazone groups is 2. The Morgan fingerprint density at radius 3 is 1.58 bits per heavy atom. The van der Waals surface area contributed by atoms with Crippen LogP contribution in [0.4, 0.5) is 11.4 Å². The molecule has 0 aliphatic carbocycles. The number of aryl methyl sites for hydroxylation is 2. The second-order valence-corrected chi connectivity index (χ2v) is 8.91.